The molecule has 0 amide bonds. The van der Waals surface area contributed by atoms with Gasteiger partial charge in [0, 0.05) is 18.1 Å². The zero-order valence-corrected chi connectivity index (χ0v) is 9.68. The van der Waals surface area contributed by atoms with Crippen molar-refractivity contribution < 1.29 is 13.2 Å². The zero-order chi connectivity index (χ0) is 11.3. The van der Waals surface area contributed by atoms with Crippen molar-refractivity contribution in [2.75, 3.05) is 5.33 Å². The van der Waals surface area contributed by atoms with Crippen LogP contribution in [-0.2, 0) is 12.7 Å². The van der Waals surface area contributed by atoms with E-state index in [2.05, 4.69) is 21.0 Å². The number of halogens is 4. The Morgan fingerprint density at radius 1 is 1.27 bits per heavy atom. The number of unbranched alkanes of at least 4 members (excludes halogenated alkanes) is 2. The van der Waals surface area contributed by atoms with E-state index in [1.807, 2.05) is 0 Å². The first-order valence-corrected chi connectivity index (χ1v) is 5.83. The monoisotopic (exact) mass is 284 g/mol. The molecule has 0 spiro atoms. The summed E-state index contributed by atoms with van der Waals surface area (Å²) >= 11 is 3.29. The fraction of sp³-hybridized carbons (Fsp3) is 0.667. The number of hydrogen-bond acceptors (Lipinski definition) is 1. The highest BCUT2D eigenvalue weighted by Gasteiger charge is 2.33. The molecule has 0 aliphatic heterocycles. The van der Waals surface area contributed by atoms with E-state index < -0.39 is 11.9 Å². The molecule has 0 N–H and O–H groups in total. The molecule has 0 saturated heterocycles. The quantitative estimate of drug-likeness (QED) is 0.598. The van der Waals surface area contributed by atoms with Crippen LogP contribution < -0.4 is 0 Å². The second kappa shape index (κ2) is 5.53. The van der Waals surface area contributed by atoms with Crippen LogP contribution >= 0.6 is 15.9 Å². The average Bonchev–Trinajstić information content (AvgIpc) is 2.60. The standard InChI is InChI=1S/C9H12BrF3N2/c10-5-2-1-3-6-15-7-4-8(14-15)9(11,12)13/h4,7H,1-3,5-6H2. The first kappa shape index (κ1) is 12.5. The topological polar surface area (TPSA) is 17.8 Å². The van der Waals surface area contributed by atoms with Gasteiger partial charge < -0.3 is 0 Å². The Morgan fingerprint density at radius 3 is 2.53 bits per heavy atom. The van der Waals surface area contributed by atoms with Crippen molar-refractivity contribution >= 4 is 15.9 Å². The summed E-state index contributed by atoms with van der Waals surface area (Å²) in [6.45, 7) is 0.545. The van der Waals surface area contributed by atoms with Crippen LogP contribution in [-0.4, -0.2) is 15.1 Å². The van der Waals surface area contributed by atoms with Crippen molar-refractivity contribution in [1.82, 2.24) is 9.78 Å². The van der Waals surface area contributed by atoms with Crippen molar-refractivity contribution in [2.45, 2.75) is 32.0 Å². The molecule has 0 aliphatic carbocycles. The number of hydrogen-bond donors (Lipinski definition) is 0. The third kappa shape index (κ3) is 4.24. The summed E-state index contributed by atoms with van der Waals surface area (Å²) in [5.74, 6) is 0. The number of rotatable bonds is 5. The predicted molar refractivity (Wildman–Crippen MR) is 54.9 cm³/mol. The maximum atomic E-state index is 12.2. The van der Waals surface area contributed by atoms with Crippen molar-refractivity contribution in [2.24, 2.45) is 0 Å². The molecule has 0 aliphatic rings. The molecule has 0 atom stereocenters. The lowest BCUT2D eigenvalue weighted by molar-refractivity contribution is -0.141. The van der Waals surface area contributed by atoms with E-state index in [4.69, 9.17) is 0 Å². The highest BCUT2D eigenvalue weighted by atomic mass is 79.9. The maximum absolute atomic E-state index is 12.2. The summed E-state index contributed by atoms with van der Waals surface area (Å²) in [5, 5.41) is 4.39. The Morgan fingerprint density at radius 2 is 2.00 bits per heavy atom. The van der Waals surface area contributed by atoms with Crippen molar-refractivity contribution in [1.29, 1.82) is 0 Å². The van der Waals surface area contributed by atoms with Crippen LogP contribution in [0.15, 0.2) is 12.3 Å². The van der Waals surface area contributed by atoms with Crippen molar-refractivity contribution in [3.05, 3.63) is 18.0 Å². The van der Waals surface area contributed by atoms with E-state index in [1.165, 1.54) is 10.9 Å². The summed E-state index contributed by atoms with van der Waals surface area (Å²) in [5.41, 5.74) is -0.817. The number of aryl methyl sites for hydroxylation is 1. The summed E-state index contributed by atoms with van der Waals surface area (Å²) in [6, 6.07) is 1.00. The molecule has 15 heavy (non-hydrogen) atoms. The second-order valence-electron chi connectivity index (χ2n) is 3.21. The predicted octanol–water partition coefficient (Wildman–Crippen LogP) is 3.47. The van der Waals surface area contributed by atoms with Crippen LogP contribution in [0.2, 0.25) is 0 Å². The van der Waals surface area contributed by atoms with Crippen LogP contribution in [0, 0.1) is 0 Å². The Hall–Kier alpha value is -0.520. The molecule has 0 aromatic carbocycles. The lowest BCUT2D eigenvalue weighted by Crippen LogP contribution is -2.08. The minimum atomic E-state index is -4.33. The Kier molecular flexibility index (Phi) is 4.63. The van der Waals surface area contributed by atoms with Crippen molar-refractivity contribution in [3.8, 4) is 0 Å². The van der Waals surface area contributed by atoms with Gasteiger partial charge in [-0.2, -0.15) is 18.3 Å². The van der Waals surface area contributed by atoms with E-state index in [1.54, 1.807) is 0 Å². The molecule has 0 bridgehead atoms. The molecule has 0 radical (unpaired) electrons. The van der Waals surface area contributed by atoms with Gasteiger partial charge in [0.1, 0.15) is 0 Å². The minimum Gasteiger partial charge on any atom is -0.272 e. The number of nitrogens with zero attached hydrogens (tertiary/aromatic N) is 2. The molecule has 1 rings (SSSR count). The van der Waals surface area contributed by atoms with Crippen LogP contribution in [0.4, 0.5) is 13.2 Å². The first-order valence-electron chi connectivity index (χ1n) is 4.70. The Balaban J connectivity index is 2.40. The maximum Gasteiger partial charge on any atom is 0.435 e. The largest absolute Gasteiger partial charge is 0.435 e. The van der Waals surface area contributed by atoms with Gasteiger partial charge in [0.05, 0.1) is 0 Å². The van der Waals surface area contributed by atoms with Gasteiger partial charge >= 0.3 is 6.18 Å². The van der Waals surface area contributed by atoms with Crippen molar-refractivity contribution in [3.63, 3.8) is 0 Å². The third-order valence-electron chi connectivity index (χ3n) is 1.95. The van der Waals surface area contributed by atoms with Gasteiger partial charge in [0.15, 0.2) is 5.69 Å². The molecule has 86 valence electrons. The average molecular weight is 285 g/mol. The van der Waals surface area contributed by atoms with E-state index in [9.17, 15) is 13.2 Å². The highest BCUT2D eigenvalue weighted by Crippen LogP contribution is 2.27. The van der Waals surface area contributed by atoms with Crippen LogP contribution in [0.3, 0.4) is 0 Å². The normalized spacial score (nSPS) is 12.0. The minimum absolute atomic E-state index is 0.545. The summed E-state index contributed by atoms with van der Waals surface area (Å²) in [7, 11) is 0. The van der Waals surface area contributed by atoms with E-state index in [0.717, 1.165) is 30.7 Å². The van der Waals surface area contributed by atoms with Gasteiger partial charge in [-0.15, -0.1) is 0 Å². The molecular weight excluding hydrogens is 273 g/mol. The number of aromatic nitrogens is 2. The molecule has 0 unspecified atom stereocenters. The Bertz CT molecular complexity index is 296. The SMILES string of the molecule is FC(F)(F)c1ccn(CCCCCBr)n1. The van der Waals surface area contributed by atoms with Gasteiger partial charge in [-0.3, -0.25) is 4.68 Å². The van der Waals surface area contributed by atoms with Gasteiger partial charge in [-0.05, 0) is 18.9 Å². The summed E-state index contributed by atoms with van der Waals surface area (Å²) < 4.78 is 37.8. The number of alkyl halides is 4. The van der Waals surface area contributed by atoms with Crippen LogP contribution in [0.25, 0.3) is 0 Å². The fourth-order valence-corrected chi connectivity index (χ4v) is 1.58. The second-order valence-corrected chi connectivity index (χ2v) is 4.00. The zero-order valence-electron chi connectivity index (χ0n) is 8.10. The lowest BCUT2D eigenvalue weighted by atomic mass is 10.2. The molecule has 1 heterocycles. The summed E-state index contributed by atoms with van der Waals surface area (Å²) in [4.78, 5) is 0. The Labute approximate surface area is 94.6 Å². The molecule has 0 fully saturated rings. The lowest BCUT2D eigenvalue weighted by Gasteiger charge is -2.02. The highest BCUT2D eigenvalue weighted by molar-refractivity contribution is 9.09. The van der Waals surface area contributed by atoms with Gasteiger partial charge in [-0.25, -0.2) is 0 Å². The van der Waals surface area contributed by atoms with Crippen LogP contribution in [0.5, 0.6) is 0 Å². The molecule has 6 heteroatoms. The van der Waals surface area contributed by atoms with E-state index in [0.29, 0.717) is 6.54 Å². The van der Waals surface area contributed by atoms with Gasteiger partial charge in [0.2, 0.25) is 0 Å². The first-order chi connectivity index (χ1) is 7.04. The van der Waals surface area contributed by atoms with E-state index in [-0.39, 0.29) is 0 Å². The van der Waals surface area contributed by atoms with Gasteiger partial charge in [-0.1, -0.05) is 22.4 Å². The summed E-state index contributed by atoms with van der Waals surface area (Å²) in [6.07, 6.45) is -0.0809. The smallest absolute Gasteiger partial charge is 0.272 e. The fourth-order valence-electron chi connectivity index (χ4n) is 1.18. The molecule has 1 aromatic rings. The van der Waals surface area contributed by atoms with E-state index >= 15 is 0 Å². The molecule has 0 saturated carbocycles. The van der Waals surface area contributed by atoms with Gasteiger partial charge in [0.25, 0.3) is 0 Å². The molecular formula is C9H12BrF3N2. The van der Waals surface area contributed by atoms with Crippen LogP contribution in [0.1, 0.15) is 25.0 Å². The third-order valence-corrected chi connectivity index (χ3v) is 2.51. The molecule has 1 aromatic heterocycles. The molecule has 2 nitrogen and oxygen atoms in total.